The van der Waals surface area contributed by atoms with E-state index in [-0.39, 0.29) is 17.2 Å². The van der Waals surface area contributed by atoms with Crippen molar-refractivity contribution in [3.63, 3.8) is 0 Å². The van der Waals surface area contributed by atoms with E-state index in [1.54, 1.807) is 11.3 Å². The molecule has 1 fully saturated rings. The van der Waals surface area contributed by atoms with Gasteiger partial charge in [-0.2, -0.15) is 0 Å². The van der Waals surface area contributed by atoms with Crippen molar-refractivity contribution in [2.24, 2.45) is 0 Å². The molecule has 3 atom stereocenters. The van der Waals surface area contributed by atoms with Gasteiger partial charge in [0.05, 0.1) is 18.0 Å². The summed E-state index contributed by atoms with van der Waals surface area (Å²) in [6, 6.07) is 12.6. The molecule has 0 spiro atoms. The van der Waals surface area contributed by atoms with Crippen LogP contribution in [0.5, 0.6) is 0 Å². The van der Waals surface area contributed by atoms with Crippen LogP contribution in [-0.4, -0.2) is 46.6 Å². The molecule has 5 nitrogen and oxygen atoms in total. The van der Waals surface area contributed by atoms with Crippen molar-refractivity contribution in [2.45, 2.75) is 77.0 Å². The lowest BCUT2D eigenvalue weighted by atomic mass is 10.0. The van der Waals surface area contributed by atoms with Crippen molar-refractivity contribution in [1.82, 2.24) is 14.5 Å². The van der Waals surface area contributed by atoms with Gasteiger partial charge in [-0.15, -0.1) is 11.3 Å². The number of aliphatic hydroxyl groups excluding tert-OH is 1. The average Bonchev–Trinajstić information content (AvgIpc) is 3.47. The zero-order valence-corrected chi connectivity index (χ0v) is 22.5. The third-order valence-electron chi connectivity index (χ3n) is 7.30. The van der Waals surface area contributed by atoms with E-state index in [0.717, 1.165) is 30.2 Å². The molecule has 7 heteroatoms. The number of hydrogen-bond donors (Lipinski definition) is 1. The van der Waals surface area contributed by atoms with E-state index in [0.29, 0.717) is 0 Å². The fraction of sp³-hybridized carbons (Fsp3) is 0.500. The number of imidazole rings is 1. The highest BCUT2D eigenvalue weighted by molar-refractivity contribution is 7.12. The minimum Gasteiger partial charge on any atom is -0.413 e. The van der Waals surface area contributed by atoms with E-state index in [1.165, 1.54) is 11.1 Å². The maximum Gasteiger partial charge on any atom is 0.192 e. The molecule has 0 aliphatic carbocycles. The summed E-state index contributed by atoms with van der Waals surface area (Å²) in [6.07, 6.45) is 3.92. The molecule has 0 bridgehead atoms. The first kappa shape index (κ1) is 24.4. The Morgan fingerprint density at radius 3 is 2.58 bits per heavy atom. The molecule has 1 saturated heterocycles. The third kappa shape index (κ3) is 5.17. The summed E-state index contributed by atoms with van der Waals surface area (Å²) in [5.74, 6) is 0. The van der Waals surface area contributed by atoms with Crippen molar-refractivity contribution < 1.29 is 9.53 Å². The fourth-order valence-corrected chi connectivity index (χ4v) is 6.68. The highest BCUT2D eigenvalue weighted by Gasteiger charge is 2.44. The number of likely N-dealkylation sites (tertiary alicyclic amines) is 1. The summed E-state index contributed by atoms with van der Waals surface area (Å²) in [6.45, 7) is 15.2. The Morgan fingerprint density at radius 1 is 1.21 bits per heavy atom. The second kappa shape index (κ2) is 9.47. The summed E-state index contributed by atoms with van der Waals surface area (Å²) in [5.41, 5.74) is 3.29. The number of benzene rings is 1. The van der Waals surface area contributed by atoms with Crippen LogP contribution >= 0.6 is 11.3 Å². The van der Waals surface area contributed by atoms with Crippen LogP contribution in [0.3, 0.4) is 0 Å². The highest BCUT2D eigenvalue weighted by atomic mass is 32.1. The zero-order chi connectivity index (χ0) is 23.8. The molecule has 0 radical (unpaired) electrons. The number of rotatable bonds is 7. The summed E-state index contributed by atoms with van der Waals surface area (Å²) in [5, 5.41) is 15.0. The molecule has 2 aromatic heterocycles. The molecule has 0 saturated carbocycles. The van der Waals surface area contributed by atoms with Crippen molar-refractivity contribution in [3.8, 4) is 5.00 Å². The van der Waals surface area contributed by atoms with Gasteiger partial charge in [0.2, 0.25) is 0 Å². The molecule has 1 aliphatic heterocycles. The molecule has 3 aromatic rings. The summed E-state index contributed by atoms with van der Waals surface area (Å²) >= 11 is 1.68. The molecule has 1 N–H and O–H groups in total. The van der Waals surface area contributed by atoms with Crippen molar-refractivity contribution in [1.29, 1.82) is 0 Å². The quantitative estimate of drug-likeness (QED) is 0.423. The molecule has 0 amide bonds. The second-order valence-electron chi connectivity index (χ2n) is 10.8. The third-order valence-corrected chi connectivity index (χ3v) is 12.8. The Morgan fingerprint density at radius 2 is 1.94 bits per heavy atom. The van der Waals surface area contributed by atoms with Gasteiger partial charge in [0.15, 0.2) is 8.32 Å². The number of hydrogen-bond acceptors (Lipinski definition) is 5. The number of aliphatic hydroxyl groups is 1. The Labute approximate surface area is 203 Å². The normalized spacial score (nSPS) is 20.9. The first-order chi connectivity index (χ1) is 15.6. The molecule has 1 aromatic carbocycles. The van der Waals surface area contributed by atoms with E-state index in [2.05, 4.69) is 86.4 Å². The van der Waals surface area contributed by atoms with Gasteiger partial charge in [0, 0.05) is 19.1 Å². The number of aryl methyl sites for hydroxylation is 1. The van der Waals surface area contributed by atoms with E-state index in [4.69, 9.17) is 4.43 Å². The molecule has 1 unspecified atom stereocenters. The molecule has 33 heavy (non-hydrogen) atoms. The van der Waals surface area contributed by atoms with Crippen LogP contribution in [0.4, 0.5) is 0 Å². The Bertz CT molecular complexity index is 1060. The summed E-state index contributed by atoms with van der Waals surface area (Å²) < 4.78 is 8.87. The number of aromatic nitrogens is 2. The number of nitrogens with zero attached hydrogens (tertiary/aromatic N) is 3. The smallest absolute Gasteiger partial charge is 0.192 e. The topological polar surface area (TPSA) is 50.5 Å². The standard InChI is InChI=1S/C26H37N3O2SSi/c1-19-12-13-32-25(19)29-18-27-15-23(29)24(30)22-14-21(31-33(5,6)26(2,3)4)17-28(22)16-20-10-8-7-9-11-20/h7-13,15,18,21-22,24,30H,14,16-17H2,1-6H3/t21-,22+,24?/m1/s1. The van der Waals surface area contributed by atoms with Crippen LogP contribution in [0, 0.1) is 6.92 Å². The minimum absolute atomic E-state index is 0.0318. The Hall–Kier alpha value is -1.77. The Kier molecular flexibility index (Phi) is 6.99. The van der Waals surface area contributed by atoms with E-state index >= 15 is 0 Å². The van der Waals surface area contributed by atoms with Gasteiger partial charge in [-0.3, -0.25) is 9.47 Å². The lowest BCUT2D eigenvalue weighted by Crippen LogP contribution is -2.44. The van der Waals surface area contributed by atoms with Gasteiger partial charge in [0.1, 0.15) is 17.4 Å². The lowest BCUT2D eigenvalue weighted by molar-refractivity contribution is 0.0646. The largest absolute Gasteiger partial charge is 0.413 e. The van der Waals surface area contributed by atoms with Crippen LogP contribution in [0.25, 0.3) is 5.00 Å². The number of thiophene rings is 1. The van der Waals surface area contributed by atoms with Gasteiger partial charge in [-0.1, -0.05) is 51.1 Å². The second-order valence-corrected chi connectivity index (χ2v) is 16.4. The van der Waals surface area contributed by atoms with Crippen LogP contribution < -0.4 is 0 Å². The predicted octanol–water partition coefficient (Wildman–Crippen LogP) is 5.94. The van der Waals surface area contributed by atoms with Crippen LogP contribution in [0.15, 0.2) is 54.3 Å². The molecular formula is C26H37N3O2SSi. The maximum atomic E-state index is 11.7. The molecular weight excluding hydrogens is 446 g/mol. The van der Waals surface area contributed by atoms with E-state index < -0.39 is 14.4 Å². The molecule has 178 valence electrons. The van der Waals surface area contributed by atoms with Gasteiger partial charge in [-0.05, 0) is 54.1 Å². The highest BCUT2D eigenvalue weighted by Crippen LogP contribution is 2.40. The maximum absolute atomic E-state index is 11.7. The summed E-state index contributed by atoms with van der Waals surface area (Å²) in [4.78, 5) is 6.80. The van der Waals surface area contributed by atoms with Crippen LogP contribution in [0.2, 0.25) is 18.1 Å². The van der Waals surface area contributed by atoms with Gasteiger partial charge >= 0.3 is 0 Å². The molecule has 4 rings (SSSR count). The molecule has 1 aliphatic rings. The van der Waals surface area contributed by atoms with Crippen molar-refractivity contribution in [3.05, 3.63) is 71.1 Å². The van der Waals surface area contributed by atoms with Crippen LogP contribution in [0.1, 0.15) is 50.1 Å². The minimum atomic E-state index is -1.91. The SMILES string of the molecule is Cc1ccsc1-n1cncc1C(O)[C@@H]1C[C@@H](O[Si](C)(C)C(C)(C)C)CN1Cc1ccccc1. The molecule has 3 heterocycles. The van der Waals surface area contributed by atoms with Crippen molar-refractivity contribution >= 4 is 19.7 Å². The van der Waals surface area contributed by atoms with Gasteiger partial charge in [0.25, 0.3) is 0 Å². The predicted molar refractivity (Wildman–Crippen MR) is 138 cm³/mol. The van der Waals surface area contributed by atoms with E-state index in [1.807, 2.05) is 23.2 Å². The van der Waals surface area contributed by atoms with Crippen LogP contribution in [-0.2, 0) is 11.0 Å². The van der Waals surface area contributed by atoms with Crippen molar-refractivity contribution in [2.75, 3.05) is 6.54 Å². The first-order valence-electron chi connectivity index (χ1n) is 11.8. The van der Waals surface area contributed by atoms with E-state index in [9.17, 15) is 5.11 Å². The first-order valence-corrected chi connectivity index (χ1v) is 15.6. The van der Waals surface area contributed by atoms with Gasteiger partial charge < -0.3 is 9.53 Å². The summed E-state index contributed by atoms with van der Waals surface area (Å²) in [7, 11) is -1.91. The lowest BCUT2D eigenvalue weighted by Gasteiger charge is -2.38. The fourth-order valence-electron chi connectivity index (χ4n) is 4.40. The Balaban J connectivity index is 1.61. The average molecular weight is 484 g/mol. The van der Waals surface area contributed by atoms with Gasteiger partial charge in [-0.25, -0.2) is 4.98 Å². The zero-order valence-electron chi connectivity index (χ0n) is 20.7. The monoisotopic (exact) mass is 483 g/mol.